The molecule has 29 heavy (non-hydrogen) atoms. The van der Waals surface area contributed by atoms with Crippen LogP contribution in [0.1, 0.15) is 29.4 Å². The smallest absolute Gasteiger partial charge is 0.291 e. The van der Waals surface area contributed by atoms with Crippen LogP contribution in [0.2, 0.25) is 5.02 Å². The van der Waals surface area contributed by atoms with Crippen LogP contribution < -0.4 is 5.32 Å². The molecule has 0 unspecified atom stereocenters. The summed E-state index contributed by atoms with van der Waals surface area (Å²) in [7, 11) is 0. The zero-order valence-electron chi connectivity index (χ0n) is 15.2. The number of benzene rings is 2. The highest BCUT2D eigenvalue weighted by atomic mass is 35.5. The normalized spacial score (nSPS) is 13.4. The third-order valence-electron chi connectivity index (χ3n) is 4.73. The zero-order chi connectivity index (χ0) is 19.8. The van der Waals surface area contributed by atoms with E-state index < -0.39 is 0 Å². The van der Waals surface area contributed by atoms with Crippen LogP contribution in [0.4, 0.5) is 5.69 Å². The van der Waals surface area contributed by atoms with Gasteiger partial charge in [-0.1, -0.05) is 35.9 Å². The fourth-order valence-corrected chi connectivity index (χ4v) is 3.37. The molecule has 0 atom stereocenters. The fourth-order valence-electron chi connectivity index (χ4n) is 3.14. The van der Waals surface area contributed by atoms with Crippen LogP contribution >= 0.6 is 11.6 Å². The monoisotopic (exact) mass is 405 g/mol. The second-order valence-electron chi connectivity index (χ2n) is 6.86. The number of anilines is 1. The van der Waals surface area contributed by atoms with E-state index in [9.17, 15) is 4.79 Å². The van der Waals surface area contributed by atoms with Gasteiger partial charge in [0.25, 0.3) is 5.91 Å². The molecule has 1 aliphatic rings. The van der Waals surface area contributed by atoms with Gasteiger partial charge in [0, 0.05) is 16.8 Å². The van der Waals surface area contributed by atoms with Crippen molar-refractivity contribution in [1.29, 1.82) is 0 Å². The van der Waals surface area contributed by atoms with Crippen LogP contribution in [0.25, 0.3) is 22.7 Å². The molecule has 8 heteroatoms. The molecular weight excluding hydrogens is 390 g/mol. The van der Waals surface area contributed by atoms with Gasteiger partial charge >= 0.3 is 0 Å². The lowest BCUT2D eigenvalue weighted by atomic mass is 10.2. The lowest BCUT2D eigenvalue weighted by Crippen LogP contribution is -2.11. The van der Waals surface area contributed by atoms with Crippen LogP contribution in [0.3, 0.4) is 0 Å². The third kappa shape index (κ3) is 3.52. The highest BCUT2D eigenvalue weighted by Gasteiger charge is 2.28. The largest absolute Gasteiger partial charge is 0.451 e. The minimum atomic E-state index is -0.345. The van der Waals surface area contributed by atoms with E-state index in [2.05, 4.69) is 20.8 Å². The molecule has 5 rings (SSSR count). The van der Waals surface area contributed by atoms with Crippen molar-refractivity contribution in [3.05, 3.63) is 71.4 Å². The summed E-state index contributed by atoms with van der Waals surface area (Å²) in [6.45, 7) is 0. The first-order valence-electron chi connectivity index (χ1n) is 9.23. The second kappa shape index (κ2) is 7.18. The zero-order valence-corrected chi connectivity index (χ0v) is 16.0. The van der Waals surface area contributed by atoms with Crippen molar-refractivity contribution < 1.29 is 9.21 Å². The summed E-state index contributed by atoms with van der Waals surface area (Å²) in [6, 6.07) is 18.5. The van der Waals surface area contributed by atoms with Crippen LogP contribution in [0.15, 0.2) is 65.1 Å². The Balaban J connectivity index is 1.36. The predicted octanol–water partition coefficient (Wildman–Crippen LogP) is 4.84. The van der Waals surface area contributed by atoms with Crippen molar-refractivity contribution in [1.82, 2.24) is 20.2 Å². The van der Waals surface area contributed by atoms with Crippen molar-refractivity contribution in [3.63, 3.8) is 0 Å². The lowest BCUT2D eigenvalue weighted by molar-refractivity contribution is 0.0997. The Hall–Kier alpha value is -3.45. The molecule has 7 nitrogen and oxygen atoms in total. The maximum Gasteiger partial charge on any atom is 0.291 e. The van der Waals surface area contributed by atoms with Gasteiger partial charge in [0.05, 0.1) is 11.1 Å². The van der Waals surface area contributed by atoms with E-state index in [1.807, 2.05) is 47.1 Å². The van der Waals surface area contributed by atoms with Crippen molar-refractivity contribution in [2.45, 2.75) is 18.9 Å². The Kier molecular flexibility index (Phi) is 4.37. The molecule has 1 saturated carbocycles. The Bertz CT molecular complexity index is 1200. The first-order chi connectivity index (χ1) is 14.2. The highest BCUT2D eigenvalue weighted by molar-refractivity contribution is 6.33. The lowest BCUT2D eigenvalue weighted by Gasteiger charge is -2.07. The Morgan fingerprint density at radius 1 is 1.10 bits per heavy atom. The number of carbonyl (C=O) groups excluding carboxylic acids is 1. The van der Waals surface area contributed by atoms with Crippen molar-refractivity contribution in [2.75, 3.05) is 5.32 Å². The number of amides is 1. The molecule has 0 spiro atoms. The standard InChI is InChI=1S/C21H16ClN5O2/c22-17-7-2-1-6-16(17)18-10-11-19(29-18)21(28)23-14-5-3-4-13(12-14)20-24-25-26-27(20)15-8-9-15/h1-7,10-12,15H,8-9H2,(H,23,28). The van der Waals surface area contributed by atoms with Gasteiger partial charge in [-0.15, -0.1) is 5.10 Å². The average Bonchev–Trinajstić information content (AvgIpc) is 3.26. The number of aromatic nitrogens is 4. The third-order valence-corrected chi connectivity index (χ3v) is 5.06. The molecule has 0 bridgehead atoms. The van der Waals surface area contributed by atoms with E-state index in [4.69, 9.17) is 16.0 Å². The highest BCUT2D eigenvalue weighted by Crippen LogP contribution is 2.37. The van der Waals surface area contributed by atoms with Crippen molar-refractivity contribution in [2.24, 2.45) is 0 Å². The first kappa shape index (κ1) is 17.6. The van der Waals surface area contributed by atoms with Gasteiger partial charge in [-0.3, -0.25) is 4.79 Å². The molecule has 1 N–H and O–H groups in total. The van der Waals surface area contributed by atoms with Crippen LogP contribution in [-0.4, -0.2) is 26.1 Å². The SMILES string of the molecule is O=C(Nc1cccc(-c2nnnn2C2CC2)c1)c1ccc(-c2ccccc2Cl)o1. The predicted molar refractivity (Wildman–Crippen MR) is 109 cm³/mol. The topological polar surface area (TPSA) is 85.8 Å². The van der Waals surface area contributed by atoms with Crippen LogP contribution in [0.5, 0.6) is 0 Å². The first-order valence-corrected chi connectivity index (χ1v) is 9.61. The number of nitrogens with one attached hydrogen (secondary N) is 1. The molecule has 144 valence electrons. The summed E-state index contributed by atoms with van der Waals surface area (Å²) >= 11 is 6.20. The van der Waals surface area contributed by atoms with E-state index in [0.29, 0.717) is 28.3 Å². The summed E-state index contributed by atoms with van der Waals surface area (Å²) in [5.74, 6) is 1.09. The van der Waals surface area contributed by atoms with Crippen molar-refractivity contribution in [3.8, 4) is 22.7 Å². The number of nitrogens with zero attached hydrogens (tertiary/aromatic N) is 4. The van der Waals surface area contributed by atoms with E-state index >= 15 is 0 Å². The van der Waals surface area contributed by atoms with Crippen molar-refractivity contribution >= 4 is 23.2 Å². The minimum absolute atomic E-state index is 0.202. The molecule has 4 aromatic rings. The quantitative estimate of drug-likeness (QED) is 0.513. The number of halogens is 1. The Morgan fingerprint density at radius 3 is 2.79 bits per heavy atom. The maximum atomic E-state index is 12.6. The fraction of sp³-hybridized carbons (Fsp3) is 0.143. The molecule has 1 fully saturated rings. The molecule has 2 heterocycles. The number of furan rings is 1. The van der Waals surface area contributed by atoms with E-state index in [0.717, 1.165) is 24.0 Å². The Morgan fingerprint density at radius 2 is 1.97 bits per heavy atom. The summed E-state index contributed by atoms with van der Waals surface area (Å²) < 4.78 is 7.55. The summed E-state index contributed by atoms with van der Waals surface area (Å²) in [6.07, 6.45) is 2.17. The van der Waals surface area contributed by atoms with Gasteiger partial charge in [0.2, 0.25) is 0 Å². The van der Waals surface area contributed by atoms with Gasteiger partial charge < -0.3 is 9.73 Å². The van der Waals surface area contributed by atoms with Crippen LogP contribution in [0, 0.1) is 0 Å². The summed E-state index contributed by atoms with van der Waals surface area (Å²) in [5.41, 5.74) is 2.21. The average molecular weight is 406 g/mol. The number of carbonyl (C=O) groups is 1. The number of tetrazole rings is 1. The van der Waals surface area contributed by atoms with Crippen LogP contribution in [-0.2, 0) is 0 Å². The van der Waals surface area contributed by atoms with Gasteiger partial charge in [-0.25, -0.2) is 4.68 Å². The number of rotatable bonds is 5. The molecule has 0 aliphatic heterocycles. The van der Waals surface area contributed by atoms with Gasteiger partial charge in [-0.2, -0.15) is 0 Å². The molecule has 1 amide bonds. The molecule has 0 radical (unpaired) electrons. The van der Waals surface area contributed by atoms with E-state index in [-0.39, 0.29) is 11.7 Å². The molecule has 1 aliphatic carbocycles. The summed E-state index contributed by atoms with van der Waals surface area (Å²) in [5, 5.41) is 15.4. The van der Waals surface area contributed by atoms with E-state index in [1.165, 1.54) is 0 Å². The van der Waals surface area contributed by atoms with E-state index in [1.54, 1.807) is 18.2 Å². The molecule has 0 saturated heterocycles. The minimum Gasteiger partial charge on any atom is -0.451 e. The second-order valence-corrected chi connectivity index (χ2v) is 7.26. The molecular formula is C21H16ClN5O2. The van der Waals surface area contributed by atoms with Gasteiger partial charge in [-0.05, 0) is 59.7 Å². The summed E-state index contributed by atoms with van der Waals surface area (Å²) in [4.78, 5) is 12.6. The van der Waals surface area contributed by atoms with Gasteiger partial charge in [0.1, 0.15) is 5.76 Å². The maximum absolute atomic E-state index is 12.6. The molecule has 2 aromatic carbocycles. The number of hydrogen-bond acceptors (Lipinski definition) is 5. The van der Waals surface area contributed by atoms with Gasteiger partial charge in [0.15, 0.2) is 11.6 Å². The molecule has 2 aromatic heterocycles. The Labute approximate surface area is 171 Å². The number of hydrogen-bond donors (Lipinski definition) is 1.